The van der Waals surface area contributed by atoms with Gasteiger partial charge in [0.05, 0.1) is 12.2 Å². The van der Waals surface area contributed by atoms with E-state index in [1.165, 1.54) is 44.9 Å². The van der Waals surface area contributed by atoms with Gasteiger partial charge in [0, 0.05) is 6.04 Å². The van der Waals surface area contributed by atoms with Crippen LogP contribution in [-0.2, 0) is 4.74 Å². The minimum atomic E-state index is 0.555. The van der Waals surface area contributed by atoms with Gasteiger partial charge in [-0.2, -0.15) is 0 Å². The van der Waals surface area contributed by atoms with Gasteiger partial charge in [0.1, 0.15) is 0 Å². The maximum atomic E-state index is 6.21. The molecule has 2 aliphatic rings. The first-order valence-corrected chi connectivity index (χ1v) is 7.18. The third kappa shape index (κ3) is 3.21. The zero-order valence-electron chi connectivity index (χ0n) is 10.9. The predicted octanol–water partition coefficient (Wildman–Crippen LogP) is 3.11. The van der Waals surface area contributed by atoms with Crippen LogP contribution >= 0.6 is 0 Å². The Balaban J connectivity index is 1.61. The molecule has 0 saturated heterocycles. The SMILES string of the molecule is CCCNC1CC(OC2CCCCC2C)C1. The fourth-order valence-corrected chi connectivity index (χ4v) is 2.92. The molecule has 0 spiro atoms. The number of hydrogen-bond acceptors (Lipinski definition) is 2. The number of hydrogen-bond donors (Lipinski definition) is 1. The van der Waals surface area contributed by atoms with E-state index in [-0.39, 0.29) is 0 Å². The predicted molar refractivity (Wildman–Crippen MR) is 67.6 cm³/mol. The van der Waals surface area contributed by atoms with Crippen LogP contribution in [0.4, 0.5) is 0 Å². The third-order valence-corrected chi connectivity index (χ3v) is 4.18. The quantitative estimate of drug-likeness (QED) is 0.776. The first kappa shape index (κ1) is 12.4. The van der Waals surface area contributed by atoms with Gasteiger partial charge in [-0.05, 0) is 44.6 Å². The Morgan fingerprint density at radius 3 is 2.62 bits per heavy atom. The van der Waals surface area contributed by atoms with E-state index < -0.39 is 0 Å². The molecule has 2 heteroatoms. The molecule has 0 aromatic heterocycles. The van der Waals surface area contributed by atoms with Crippen molar-refractivity contribution in [3.63, 3.8) is 0 Å². The van der Waals surface area contributed by atoms with E-state index in [1.807, 2.05) is 0 Å². The lowest BCUT2D eigenvalue weighted by Gasteiger charge is -2.40. The molecule has 0 aromatic rings. The molecule has 0 amide bonds. The van der Waals surface area contributed by atoms with Crippen LogP contribution in [0.25, 0.3) is 0 Å². The van der Waals surface area contributed by atoms with Gasteiger partial charge >= 0.3 is 0 Å². The van der Waals surface area contributed by atoms with E-state index in [2.05, 4.69) is 19.2 Å². The lowest BCUT2D eigenvalue weighted by Crippen LogP contribution is -2.47. The highest BCUT2D eigenvalue weighted by atomic mass is 16.5. The molecule has 0 aliphatic heterocycles. The van der Waals surface area contributed by atoms with Crippen molar-refractivity contribution in [1.82, 2.24) is 5.32 Å². The second-order valence-electron chi connectivity index (χ2n) is 5.68. The second-order valence-corrected chi connectivity index (χ2v) is 5.68. The molecule has 2 aliphatic carbocycles. The minimum absolute atomic E-state index is 0.555. The van der Waals surface area contributed by atoms with Gasteiger partial charge in [0.25, 0.3) is 0 Å². The number of rotatable bonds is 5. The Hall–Kier alpha value is -0.0800. The van der Waals surface area contributed by atoms with E-state index in [9.17, 15) is 0 Å². The van der Waals surface area contributed by atoms with Crippen LogP contribution in [0.3, 0.4) is 0 Å². The van der Waals surface area contributed by atoms with E-state index >= 15 is 0 Å². The van der Waals surface area contributed by atoms with Gasteiger partial charge < -0.3 is 10.1 Å². The van der Waals surface area contributed by atoms with E-state index in [0.29, 0.717) is 12.2 Å². The van der Waals surface area contributed by atoms with Gasteiger partial charge in [-0.3, -0.25) is 0 Å². The smallest absolute Gasteiger partial charge is 0.0608 e. The highest BCUT2D eigenvalue weighted by Crippen LogP contribution is 2.32. The summed E-state index contributed by atoms with van der Waals surface area (Å²) in [7, 11) is 0. The van der Waals surface area contributed by atoms with Crippen molar-refractivity contribution in [2.24, 2.45) is 5.92 Å². The zero-order chi connectivity index (χ0) is 11.4. The summed E-state index contributed by atoms with van der Waals surface area (Å²) in [5.41, 5.74) is 0. The van der Waals surface area contributed by atoms with Crippen molar-refractivity contribution in [2.75, 3.05) is 6.54 Å². The molecule has 0 aromatic carbocycles. The highest BCUT2D eigenvalue weighted by molar-refractivity contribution is 4.87. The molecule has 0 bridgehead atoms. The zero-order valence-corrected chi connectivity index (χ0v) is 10.9. The van der Waals surface area contributed by atoms with Crippen molar-refractivity contribution in [3.8, 4) is 0 Å². The summed E-state index contributed by atoms with van der Waals surface area (Å²) < 4.78 is 6.21. The van der Waals surface area contributed by atoms with Crippen molar-refractivity contribution < 1.29 is 4.74 Å². The van der Waals surface area contributed by atoms with Crippen LogP contribution < -0.4 is 5.32 Å². The Bertz CT molecular complexity index is 201. The summed E-state index contributed by atoms with van der Waals surface area (Å²) in [6.45, 7) is 5.75. The maximum Gasteiger partial charge on any atom is 0.0608 e. The average Bonchev–Trinajstić information content (AvgIpc) is 2.24. The first-order valence-electron chi connectivity index (χ1n) is 7.18. The van der Waals surface area contributed by atoms with Gasteiger partial charge in [-0.15, -0.1) is 0 Å². The van der Waals surface area contributed by atoms with Crippen molar-refractivity contribution in [2.45, 2.75) is 77.0 Å². The molecule has 94 valence electrons. The largest absolute Gasteiger partial charge is 0.375 e. The fraction of sp³-hybridized carbons (Fsp3) is 1.00. The standard InChI is InChI=1S/C14H27NO/c1-3-8-15-12-9-13(10-12)16-14-7-5-4-6-11(14)2/h11-15H,3-10H2,1-2H3. The van der Waals surface area contributed by atoms with Crippen molar-refractivity contribution in [1.29, 1.82) is 0 Å². The molecule has 2 fully saturated rings. The van der Waals surface area contributed by atoms with E-state index in [1.54, 1.807) is 0 Å². The Morgan fingerprint density at radius 1 is 1.19 bits per heavy atom. The van der Waals surface area contributed by atoms with Crippen LogP contribution in [0.15, 0.2) is 0 Å². The number of nitrogens with one attached hydrogen (secondary N) is 1. The van der Waals surface area contributed by atoms with Gasteiger partial charge in [0.2, 0.25) is 0 Å². The maximum absolute atomic E-state index is 6.21. The summed E-state index contributed by atoms with van der Waals surface area (Å²) in [4.78, 5) is 0. The highest BCUT2D eigenvalue weighted by Gasteiger charge is 2.33. The van der Waals surface area contributed by atoms with Crippen molar-refractivity contribution in [3.05, 3.63) is 0 Å². The summed E-state index contributed by atoms with van der Waals surface area (Å²) in [5, 5.41) is 3.57. The summed E-state index contributed by atoms with van der Waals surface area (Å²) in [6, 6.07) is 0.740. The Kier molecular flexibility index (Phi) is 4.66. The molecule has 16 heavy (non-hydrogen) atoms. The topological polar surface area (TPSA) is 21.3 Å². The third-order valence-electron chi connectivity index (χ3n) is 4.18. The van der Waals surface area contributed by atoms with Crippen LogP contribution in [-0.4, -0.2) is 24.8 Å². The molecule has 2 nitrogen and oxygen atoms in total. The van der Waals surface area contributed by atoms with Crippen molar-refractivity contribution >= 4 is 0 Å². The molecule has 2 unspecified atom stereocenters. The van der Waals surface area contributed by atoms with Gasteiger partial charge in [-0.1, -0.05) is 26.7 Å². The second kappa shape index (κ2) is 6.02. The Morgan fingerprint density at radius 2 is 1.94 bits per heavy atom. The summed E-state index contributed by atoms with van der Waals surface area (Å²) >= 11 is 0. The monoisotopic (exact) mass is 225 g/mol. The molecule has 0 radical (unpaired) electrons. The summed E-state index contributed by atoms with van der Waals surface area (Å²) in [6.07, 6.45) is 10.3. The molecular formula is C14H27NO. The normalized spacial score (nSPS) is 39.4. The molecule has 2 atom stereocenters. The molecule has 0 heterocycles. The van der Waals surface area contributed by atoms with Gasteiger partial charge in [-0.25, -0.2) is 0 Å². The molecular weight excluding hydrogens is 198 g/mol. The fourth-order valence-electron chi connectivity index (χ4n) is 2.92. The molecule has 2 saturated carbocycles. The van der Waals surface area contributed by atoms with E-state index in [4.69, 9.17) is 4.74 Å². The summed E-state index contributed by atoms with van der Waals surface area (Å²) in [5.74, 6) is 0.788. The Labute approximate surface area is 100 Å². The first-order chi connectivity index (χ1) is 7.79. The lowest BCUT2D eigenvalue weighted by molar-refractivity contribution is -0.0955. The van der Waals surface area contributed by atoms with Crippen LogP contribution in [0, 0.1) is 5.92 Å². The van der Waals surface area contributed by atoms with Gasteiger partial charge in [0.15, 0.2) is 0 Å². The van der Waals surface area contributed by atoms with Crippen LogP contribution in [0.2, 0.25) is 0 Å². The van der Waals surface area contributed by atoms with Crippen LogP contribution in [0.5, 0.6) is 0 Å². The molecule has 1 N–H and O–H groups in total. The lowest BCUT2D eigenvalue weighted by atomic mass is 9.85. The minimum Gasteiger partial charge on any atom is -0.375 e. The number of ether oxygens (including phenoxy) is 1. The van der Waals surface area contributed by atoms with E-state index in [0.717, 1.165) is 18.5 Å². The average molecular weight is 225 g/mol. The van der Waals surface area contributed by atoms with Crippen LogP contribution in [0.1, 0.15) is 58.8 Å². The molecule has 2 rings (SSSR count).